The van der Waals surface area contributed by atoms with Crippen molar-refractivity contribution in [2.75, 3.05) is 21.1 Å². The highest BCUT2D eigenvalue weighted by Crippen LogP contribution is 2.30. The Labute approximate surface area is 378 Å². The van der Waals surface area contributed by atoms with Gasteiger partial charge in [0.15, 0.2) is 6.10 Å². The van der Waals surface area contributed by atoms with Gasteiger partial charge in [-0.1, -0.05) is 107 Å². The average Bonchev–Trinajstić information content (AvgIpc) is 3.23. The summed E-state index contributed by atoms with van der Waals surface area (Å²) in [6, 6.07) is -4.40. The van der Waals surface area contributed by atoms with Crippen LogP contribution in [0.5, 0.6) is 0 Å². The first-order valence-electron chi connectivity index (χ1n) is 23.9. The summed E-state index contributed by atoms with van der Waals surface area (Å²) in [7, 11) is 4.54. The van der Waals surface area contributed by atoms with Gasteiger partial charge in [-0.15, -0.1) is 0 Å². The molecule has 1 aliphatic carbocycles. The number of likely N-dealkylation sites (N-methyl/N-ethyl adjacent to an activating group) is 3. The van der Waals surface area contributed by atoms with Crippen LogP contribution in [0.15, 0.2) is 0 Å². The number of carbonyl (C=O) groups excluding carboxylic acids is 7. The number of nitrogens with zero attached hydrogens (tertiary/aromatic N) is 4. The molecule has 63 heavy (non-hydrogen) atoms. The summed E-state index contributed by atoms with van der Waals surface area (Å²) in [5.41, 5.74) is 0. The van der Waals surface area contributed by atoms with Gasteiger partial charge < -0.3 is 35.4 Å². The van der Waals surface area contributed by atoms with Crippen LogP contribution in [0.25, 0.3) is 0 Å². The molecule has 0 aromatic carbocycles. The molecule has 2 aliphatic rings. The van der Waals surface area contributed by atoms with Gasteiger partial charge in [-0.2, -0.15) is 5.26 Å². The van der Waals surface area contributed by atoms with Crippen molar-refractivity contribution in [1.82, 2.24) is 30.7 Å². The molecule has 6 amide bonds. The van der Waals surface area contributed by atoms with Crippen molar-refractivity contribution in [2.24, 2.45) is 29.6 Å². The minimum absolute atomic E-state index is 0.0217. The molecule has 0 spiro atoms. The molecular formula is C48H83N7O8. The molecule has 1 saturated heterocycles. The summed E-state index contributed by atoms with van der Waals surface area (Å²) in [5, 5.41) is 18.3. The van der Waals surface area contributed by atoms with E-state index in [1.165, 1.54) is 35.7 Å². The van der Waals surface area contributed by atoms with Gasteiger partial charge >= 0.3 is 5.97 Å². The Morgan fingerprint density at radius 2 is 1.17 bits per heavy atom. The Morgan fingerprint density at radius 1 is 0.651 bits per heavy atom. The second-order valence-electron chi connectivity index (χ2n) is 19.8. The Bertz CT molecular complexity index is 1560. The number of hydrogen-bond donors (Lipinski definition) is 3. The van der Waals surface area contributed by atoms with E-state index in [4.69, 9.17) is 4.74 Å². The third-order valence-corrected chi connectivity index (χ3v) is 12.8. The first-order chi connectivity index (χ1) is 29.6. The third kappa shape index (κ3) is 17.7. The molecule has 0 bridgehead atoms. The minimum atomic E-state index is -1.46. The van der Waals surface area contributed by atoms with E-state index in [0.29, 0.717) is 12.8 Å². The number of rotatable bonds is 16. The number of esters is 1. The lowest BCUT2D eigenvalue weighted by atomic mass is 9.84. The largest absolute Gasteiger partial charge is 0.451 e. The number of ether oxygens (including phenoxy) is 1. The molecule has 0 aromatic heterocycles. The third-order valence-electron chi connectivity index (χ3n) is 12.8. The van der Waals surface area contributed by atoms with Crippen LogP contribution >= 0.6 is 0 Å². The summed E-state index contributed by atoms with van der Waals surface area (Å²) in [5.74, 6) is -3.97. The Morgan fingerprint density at radius 3 is 1.73 bits per heavy atom. The molecule has 1 aliphatic heterocycles. The van der Waals surface area contributed by atoms with Gasteiger partial charge in [0.1, 0.15) is 36.3 Å². The van der Waals surface area contributed by atoms with Crippen molar-refractivity contribution in [3.63, 3.8) is 0 Å². The van der Waals surface area contributed by atoms with Gasteiger partial charge in [0.25, 0.3) is 5.91 Å². The zero-order valence-electron chi connectivity index (χ0n) is 40.8. The highest BCUT2D eigenvalue weighted by molar-refractivity contribution is 5.97. The zero-order valence-corrected chi connectivity index (χ0v) is 40.8. The Kier molecular flexibility index (Phi) is 23.7. The molecular weight excluding hydrogens is 803 g/mol. The maximum absolute atomic E-state index is 14.8. The van der Waals surface area contributed by atoms with E-state index >= 15 is 0 Å². The molecule has 0 unspecified atom stereocenters. The van der Waals surface area contributed by atoms with Crippen LogP contribution in [0.4, 0.5) is 0 Å². The SMILES string of the molecule is CCCC[C@@H](C)C[C@@H]1NC(=O)[C@H](CC2CCCCC2)N(C)C(=O)[C@H](CC(C)C)NC(=O)[C@H](CC(C)C)N(C)C(=O)[C@H](CCC(C)C)NC(=O)[C@@H](CCC#N)OC(=O)[C@H](C)N(C)C1=O. The minimum Gasteiger partial charge on any atom is -0.451 e. The standard InChI is InChI=1S/C48H83N7O8/c1-13-14-19-33(8)28-38-46(60)53(10)34(9)48(62)63-41(22-18-25-49)44(58)50-36(24-23-30(2)3)45(59)54(11)39(27-32(6)7)42(56)51-37(26-31(4)5)47(61)55(12)40(43(57)52-38)29-35-20-16-15-17-21-35/h30-41H,13-24,26-29H2,1-12H3,(H,50,58)(H,51,56)(H,52,57)/t33-,34+,36+,37+,38+,39+,40+,41-/m1/s1. The first kappa shape index (κ1) is 54.9. The summed E-state index contributed by atoms with van der Waals surface area (Å²) in [6.07, 6.45) is 7.78. The van der Waals surface area contributed by atoms with Gasteiger partial charge in [-0.25, -0.2) is 4.79 Å². The topological polar surface area (TPSA) is 198 Å². The number of unbranched alkanes of at least 4 members (excludes halogenated alkanes) is 1. The van der Waals surface area contributed by atoms with Crippen molar-refractivity contribution >= 4 is 41.4 Å². The van der Waals surface area contributed by atoms with E-state index in [0.717, 1.165) is 51.4 Å². The molecule has 0 radical (unpaired) electrons. The fourth-order valence-electron chi connectivity index (χ4n) is 8.68. The number of nitrogens with one attached hydrogen (secondary N) is 3. The van der Waals surface area contributed by atoms with Crippen LogP contribution < -0.4 is 16.0 Å². The zero-order chi connectivity index (χ0) is 47.6. The molecule has 2 fully saturated rings. The summed E-state index contributed by atoms with van der Waals surface area (Å²) in [6.45, 7) is 17.3. The van der Waals surface area contributed by atoms with Crippen molar-refractivity contribution in [3.05, 3.63) is 0 Å². The Balaban J connectivity index is 2.85. The molecule has 1 saturated carbocycles. The average molecular weight is 886 g/mol. The predicted octanol–water partition coefficient (Wildman–Crippen LogP) is 5.89. The van der Waals surface area contributed by atoms with E-state index in [-0.39, 0.29) is 68.1 Å². The van der Waals surface area contributed by atoms with E-state index < -0.39 is 83.8 Å². The maximum Gasteiger partial charge on any atom is 0.329 e. The molecule has 3 N–H and O–H groups in total. The van der Waals surface area contributed by atoms with Gasteiger partial charge in [0.2, 0.25) is 29.5 Å². The number of carbonyl (C=O) groups is 7. The van der Waals surface area contributed by atoms with E-state index in [9.17, 15) is 38.8 Å². The highest BCUT2D eigenvalue weighted by Gasteiger charge is 2.41. The molecule has 15 nitrogen and oxygen atoms in total. The maximum atomic E-state index is 14.8. The smallest absolute Gasteiger partial charge is 0.329 e. The van der Waals surface area contributed by atoms with Crippen LogP contribution in [0, 0.1) is 40.9 Å². The quantitative estimate of drug-likeness (QED) is 0.158. The van der Waals surface area contributed by atoms with Crippen molar-refractivity contribution in [1.29, 1.82) is 5.26 Å². The fraction of sp³-hybridized carbons (Fsp3) is 0.833. The number of hydrogen-bond acceptors (Lipinski definition) is 9. The molecule has 8 atom stereocenters. The van der Waals surface area contributed by atoms with Crippen molar-refractivity contribution in [3.8, 4) is 6.07 Å². The van der Waals surface area contributed by atoms with E-state index in [2.05, 4.69) is 22.9 Å². The predicted molar refractivity (Wildman–Crippen MR) is 243 cm³/mol. The lowest BCUT2D eigenvalue weighted by Gasteiger charge is -2.37. The lowest BCUT2D eigenvalue weighted by Crippen LogP contribution is -2.60. The number of amides is 6. The monoisotopic (exact) mass is 886 g/mol. The fourth-order valence-corrected chi connectivity index (χ4v) is 8.68. The second kappa shape index (κ2) is 27.2. The number of cyclic esters (lactones) is 1. The summed E-state index contributed by atoms with van der Waals surface area (Å²) in [4.78, 5) is 105. The summed E-state index contributed by atoms with van der Waals surface area (Å²) >= 11 is 0. The van der Waals surface area contributed by atoms with Crippen LogP contribution in [0.1, 0.15) is 165 Å². The molecule has 15 heteroatoms. The van der Waals surface area contributed by atoms with Crippen LogP contribution in [0.2, 0.25) is 0 Å². The second-order valence-corrected chi connectivity index (χ2v) is 19.8. The number of nitriles is 1. The highest BCUT2D eigenvalue weighted by atomic mass is 16.5. The first-order valence-corrected chi connectivity index (χ1v) is 23.9. The van der Waals surface area contributed by atoms with E-state index in [1.54, 1.807) is 7.05 Å². The molecule has 1 heterocycles. The van der Waals surface area contributed by atoms with Crippen LogP contribution in [0.3, 0.4) is 0 Å². The van der Waals surface area contributed by atoms with Crippen LogP contribution in [-0.2, 0) is 38.3 Å². The van der Waals surface area contributed by atoms with Gasteiger partial charge in [0.05, 0.1) is 6.07 Å². The van der Waals surface area contributed by atoms with Crippen molar-refractivity contribution in [2.45, 2.75) is 207 Å². The molecule has 0 aromatic rings. The van der Waals surface area contributed by atoms with Gasteiger partial charge in [-0.05, 0) is 75.0 Å². The van der Waals surface area contributed by atoms with Crippen LogP contribution in [-0.4, -0.2) is 120 Å². The molecule has 358 valence electrons. The molecule has 2 rings (SSSR count). The van der Waals surface area contributed by atoms with Crippen molar-refractivity contribution < 1.29 is 38.3 Å². The van der Waals surface area contributed by atoms with Gasteiger partial charge in [-0.3, -0.25) is 28.8 Å². The summed E-state index contributed by atoms with van der Waals surface area (Å²) < 4.78 is 5.77. The van der Waals surface area contributed by atoms with E-state index in [1.807, 2.05) is 54.5 Å². The van der Waals surface area contributed by atoms with Gasteiger partial charge in [0, 0.05) is 34.0 Å². The Hall–Kier alpha value is -4.22. The normalized spacial score (nSPS) is 26.6. The lowest BCUT2D eigenvalue weighted by molar-refractivity contribution is -0.163.